The van der Waals surface area contributed by atoms with Crippen molar-refractivity contribution in [3.05, 3.63) is 82.1 Å². The Labute approximate surface area is 216 Å². The number of aliphatic carboxylic acids is 1. The van der Waals surface area contributed by atoms with E-state index in [1.165, 1.54) is 15.8 Å². The molecule has 0 fully saturated rings. The number of fused-ring (bicyclic) bond motifs is 1. The summed E-state index contributed by atoms with van der Waals surface area (Å²) in [7, 11) is 2.02. The molecule has 0 bridgehead atoms. The molecule has 2 aromatic carbocycles. The van der Waals surface area contributed by atoms with E-state index >= 15 is 0 Å². The molecule has 36 heavy (non-hydrogen) atoms. The van der Waals surface area contributed by atoms with Crippen molar-refractivity contribution in [2.24, 2.45) is 0 Å². The lowest BCUT2D eigenvalue weighted by Gasteiger charge is -2.18. The van der Waals surface area contributed by atoms with E-state index in [0.717, 1.165) is 67.0 Å². The molecule has 0 aliphatic heterocycles. The van der Waals surface area contributed by atoms with Crippen LogP contribution in [0.1, 0.15) is 54.2 Å². The minimum atomic E-state index is -0.833. The molecule has 2 N–H and O–H groups in total. The van der Waals surface area contributed by atoms with E-state index in [2.05, 4.69) is 60.4 Å². The third kappa shape index (κ3) is 8.39. The maximum atomic E-state index is 9.10. The Morgan fingerprint density at radius 1 is 0.944 bits per heavy atom. The van der Waals surface area contributed by atoms with Crippen LogP contribution >= 0.6 is 11.3 Å². The number of carboxylic acids is 1. The minimum Gasteiger partial charge on any atom is -0.481 e. The van der Waals surface area contributed by atoms with E-state index in [1.54, 1.807) is 11.3 Å². The number of aliphatic hydroxyl groups is 1. The van der Waals surface area contributed by atoms with Crippen molar-refractivity contribution in [3.8, 4) is 0 Å². The number of thiazole rings is 1. The molecule has 0 aliphatic carbocycles. The predicted molar refractivity (Wildman–Crippen MR) is 146 cm³/mol. The highest BCUT2D eigenvalue weighted by Crippen LogP contribution is 2.26. The Bertz CT molecular complexity index is 1260. The summed E-state index contributed by atoms with van der Waals surface area (Å²) in [5.74, 6) is -0.0965. The van der Waals surface area contributed by atoms with Gasteiger partial charge in [-0.2, -0.15) is 0 Å². The highest BCUT2D eigenvalue weighted by Gasteiger charge is 2.13. The normalized spacial score (nSPS) is 10.7. The fourth-order valence-corrected chi connectivity index (χ4v) is 4.77. The molecule has 7 nitrogen and oxygen atoms in total. The van der Waals surface area contributed by atoms with Crippen molar-refractivity contribution in [3.63, 3.8) is 0 Å². The number of carboxylic acid groups (broad SMARTS) is 1. The largest absolute Gasteiger partial charge is 0.481 e. The van der Waals surface area contributed by atoms with Gasteiger partial charge in [0, 0.05) is 40.0 Å². The van der Waals surface area contributed by atoms with E-state index in [-0.39, 0.29) is 6.61 Å². The van der Waals surface area contributed by atoms with Gasteiger partial charge in [0.15, 0.2) is 0 Å². The van der Waals surface area contributed by atoms with Gasteiger partial charge in [0.2, 0.25) is 5.95 Å². The molecule has 190 valence electrons. The fourth-order valence-electron chi connectivity index (χ4n) is 3.72. The van der Waals surface area contributed by atoms with Crippen LogP contribution in [-0.2, 0) is 24.1 Å². The number of aliphatic hydroxyl groups excluding tert-OH is 1. The van der Waals surface area contributed by atoms with E-state index in [4.69, 9.17) is 30.0 Å². The predicted octanol–water partition coefficient (Wildman–Crippen LogP) is 5.13. The van der Waals surface area contributed by atoms with Crippen LogP contribution in [0.15, 0.2) is 54.6 Å². The number of hydrogen-bond acceptors (Lipinski definition) is 7. The zero-order chi connectivity index (χ0) is 25.9. The van der Waals surface area contributed by atoms with E-state index in [9.17, 15) is 0 Å². The molecule has 2 aromatic heterocycles. The summed E-state index contributed by atoms with van der Waals surface area (Å²) in [4.78, 5) is 25.7. The van der Waals surface area contributed by atoms with Gasteiger partial charge in [0.25, 0.3) is 5.97 Å². The van der Waals surface area contributed by atoms with Crippen LogP contribution in [0.4, 0.5) is 5.95 Å². The minimum absolute atomic E-state index is 0.214. The first-order valence-electron chi connectivity index (χ1n) is 12.2. The highest BCUT2D eigenvalue weighted by atomic mass is 32.1. The maximum absolute atomic E-state index is 9.10. The second-order valence-corrected chi connectivity index (χ2v) is 9.74. The second kappa shape index (κ2) is 13.7. The molecule has 0 aliphatic rings. The fraction of sp³-hybridized carbons (Fsp3) is 0.357. The van der Waals surface area contributed by atoms with Gasteiger partial charge in [-0.3, -0.25) is 4.79 Å². The van der Waals surface area contributed by atoms with Crippen molar-refractivity contribution < 1.29 is 15.0 Å². The molecule has 0 radical (unpaired) electrons. The first-order chi connectivity index (χ1) is 17.4. The number of carbonyl (C=O) groups is 1. The van der Waals surface area contributed by atoms with Crippen molar-refractivity contribution in [1.29, 1.82) is 0 Å². The van der Waals surface area contributed by atoms with Crippen LogP contribution in [-0.4, -0.2) is 51.3 Å². The lowest BCUT2D eigenvalue weighted by atomic mass is 10.1. The van der Waals surface area contributed by atoms with Crippen LogP contribution in [0.3, 0.4) is 0 Å². The summed E-state index contributed by atoms with van der Waals surface area (Å²) in [6, 6.07) is 19.1. The van der Waals surface area contributed by atoms with Crippen molar-refractivity contribution in [2.45, 2.75) is 46.0 Å². The number of aromatic nitrogens is 3. The summed E-state index contributed by atoms with van der Waals surface area (Å²) in [6.07, 6.45) is 4.19. The van der Waals surface area contributed by atoms with E-state index < -0.39 is 5.97 Å². The Hall–Kier alpha value is -3.36. The summed E-state index contributed by atoms with van der Waals surface area (Å²) >= 11 is 1.75. The maximum Gasteiger partial charge on any atom is 0.300 e. The molecule has 2 heterocycles. The van der Waals surface area contributed by atoms with Crippen LogP contribution in [0.2, 0.25) is 0 Å². The Morgan fingerprint density at radius 3 is 2.31 bits per heavy atom. The average Bonchev–Trinajstić information content (AvgIpc) is 3.25. The van der Waals surface area contributed by atoms with Crippen molar-refractivity contribution >= 4 is 33.5 Å². The van der Waals surface area contributed by atoms with Crippen LogP contribution in [0, 0.1) is 0 Å². The molecule has 0 atom stereocenters. The second-order valence-electron chi connectivity index (χ2n) is 8.62. The molecule has 0 saturated heterocycles. The smallest absolute Gasteiger partial charge is 0.300 e. The number of unbranched alkanes of at least 4 members (excludes halogenated alkanes) is 1. The van der Waals surface area contributed by atoms with Gasteiger partial charge in [-0.05, 0) is 48.6 Å². The lowest BCUT2D eigenvalue weighted by molar-refractivity contribution is -0.134. The van der Waals surface area contributed by atoms with Crippen molar-refractivity contribution in [2.75, 3.05) is 25.1 Å². The molecule has 0 saturated carbocycles. The van der Waals surface area contributed by atoms with Crippen LogP contribution in [0.5, 0.6) is 0 Å². The van der Waals surface area contributed by atoms with Crippen molar-refractivity contribution in [1.82, 2.24) is 15.0 Å². The van der Waals surface area contributed by atoms with E-state index in [0.29, 0.717) is 6.42 Å². The zero-order valence-corrected chi connectivity index (χ0v) is 22.0. The average molecular weight is 507 g/mol. The van der Waals surface area contributed by atoms with Gasteiger partial charge in [-0.1, -0.05) is 43.3 Å². The highest BCUT2D eigenvalue weighted by molar-refractivity contribution is 7.18. The summed E-state index contributed by atoms with van der Waals surface area (Å²) in [5.41, 5.74) is 5.64. The van der Waals surface area contributed by atoms with Crippen LogP contribution < -0.4 is 4.90 Å². The quantitative estimate of drug-likeness (QED) is 0.288. The van der Waals surface area contributed by atoms with Gasteiger partial charge in [-0.25, -0.2) is 15.0 Å². The summed E-state index contributed by atoms with van der Waals surface area (Å²) in [5, 5.41) is 17.6. The van der Waals surface area contributed by atoms with Gasteiger partial charge >= 0.3 is 0 Å². The number of anilines is 1. The number of aryl methyl sites for hydroxylation is 1. The molecule has 4 rings (SSSR count). The molecule has 8 heteroatoms. The molecular weight excluding hydrogens is 472 g/mol. The number of nitrogens with zero attached hydrogens (tertiary/aromatic N) is 4. The van der Waals surface area contributed by atoms with Crippen LogP contribution in [0.25, 0.3) is 10.2 Å². The number of rotatable bonds is 10. The third-order valence-corrected chi connectivity index (χ3v) is 6.55. The van der Waals surface area contributed by atoms with Gasteiger partial charge in [-0.15, -0.1) is 11.3 Å². The van der Waals surface area contributed by atoms with Gasteiger partial charge in [0.05, 0.1) is 26.6 Å². The Kier molecular flexibility index (Phi) is 10.3. The summed E-state index contributed by atoms with van der Waals surface area (Å²) < 4.78 is 1.24. The van der Waals surface area contributed by atoms with E-state index in [1.807, 2.05) is 13.1 Å². The first kappa shape index (κ1) is 27.2. The zero-order valence-electron chi connectivity index (χ0n) is 21.1. The molecule has 4 aromatic rings. The molecular formula is C28H34N4O3S. The third-order valence-electron chi connectivity index (χ3n) is 5.53. The Balaban J connectivity index is 0.000000840. The van der Waals surface area contributed by atoms with Gasteiger partial charge in [0.1, 0.15) is 0 Å². The SMILES string of the molecule is CC(=O)O.CCc1ccc2nc(Cc3cc(Cc4ccccc4)nc(N(C)CCCCO)n3)sc2c1. The monoisotopic (exact) mass is 506 g/mol. The lowest BCUT2D eigenvalue weighted by Crippen LogP contribution is -2.22. The summed E-state index contributed by atoms with van der Waals surface area (Å²) in [6.45, 7) is 4.29. The molecule has 0 amide bonds. The molecule has 0 unspecified atom stereocenters. The number of hydrogen-bond donors (Lipinski definition) is 2. The molecule has 0 spiro atoms. The topological polar surface area (TPSA) is 99.4 Å². The standard InChI is InChI=1S/C26H30N4OS.C2H4O2/c1-3-19-11-12-23-24(16-19)32-25(29-23)18-22-17-21(15-20-9-5-4-6-10-20)27-26(28-22)30(2)13-7-8-14-31;1-2(3)4/h4-6,9-12,16-17,31H,3,7-8,13-15,18H2,1-2H3;1H3,(H,3,4). The van der Waals surface area contributed by atoms with Gasteiger partial charge < -0.3 is 15.1 Å². The number of benzene rings is 2. The Morgan fingerprint density at radius 2 is 1.64 bits per heavy atom. The first-order valence-corrected chi connectivity index (χ1v) is 13.0.